The van der Waals surface area contributed by atoms with Crippen LogP contribution in [-0.4, -0.2) is 27.8 Å². The minimum atomic E-state index is -0.469. The number of nitrogens with one attached hydrogen (secondary N) is 1. The van der Waals surface area contributed by atoms with Gasteiger partial charge in [0, 0.05) is 29.8 Å². The Bertz CT molecular complexity index is 1080. The van der Waals surface area contributed by atoms with E-state index in [2.05, 4.69) is 16.5 Å². The van der Waals surface area contributed by atoms with Crippen LogP contribution >= 0.6 is 0 Å². The van der Waals surface area contributed by atoms with Gasteiger partial charge < -0.3 is 9.72 Å². The first-order valence-electron chi connectivity index (χ1n) is 8.93. The molecule has 28 heavy (non-hydrogen) atoms. The lowest BCUT2D eigenvalue weighted by molar-refractivity contribution is -0.114. The number of allylic oxidation sites excluding steroid dienone is 1. The Kier molecular flexibility index (Phi) is 5.40. The normalized spacial score (nSPS) is 11.0. The van der Waals surface area contributed by atoms with Crippen molar-refractivity contribution in [1.29, 1.82) is 0 Å². The van der Waals surface area contributed by atoms with Crippen LogP contribution in [-0.2, 0) is 16.0 Å². The molecule has 0 fully saturated rings. The van der Waals surface area contributed by atoms with E-state index in [1.165, 1.54) is 18.3 Å². The number of H-pyrrole nitrogens is 1. The van der Waals surface area contributed by atoms with Gasteiger partial charge >= 0.3 is 5.97 Å². The highest BCUT2D eigenvalue weighted by Crippen LogP contribution is 2.31. The first kappa shape index (κ1) is 19.5. The summed E-state index contributed by atoms with van der Waals surface area (Å²) < 4.78 is 19.7. The number of ketones is 1. The number of esters is 1. The lowest BCUT2D eigenvalue weighted by atomic mass is 9.96. The molecule has 0 saturated heterocycles. The van der Waals surface area contributed by atoms with Crippen LogP contribution in [0.3, 0.4) is 0 Å². The molecular formula is C22H21FN2O3. The van der Waals surface area contributed by atoms with Gasteiger partial charge in [0.15, 0.2) is 5.78 Å². The number of pyridine rings is 1. The highest BCUT2D eigenvalue weighted by molar-refractivity contribution is 5.99. The van der Waals surface area contributed by atoms with Gasteiger partial charge in [-0.15, -0.1) is 0 Å². The zero-order valence-corrected chi connectivity index (χ0v) is 16.0. The number of carbonyl (C=O) groups is 2. The van der Waals surface area contributed by atoms with Crippen LogP contribution in [0.15, 0.2) is 43.2 Å². The van der Waals surface area contributed by atoms with Crippen LogP contribution in [0.5, 0.6) is 0 Å². The average molecular weight is 380 g/mol. The number of benzene rings is 1. The number of carbonyl (C=O) groups excluding carboxylic acids is 2. The van der Waals surface area contributed by atoms with Crippen LogP contribution in [0.25, 0.3) is 22.2 Å². The Morgan fingerprint density at radius 2 is 2.07 bits per heavy atom. The van der Waals surface area contributed by atoms with Crippen molar-refractivity contribution in [2.45, 2.75) is 33.3 Å². The maximum atomic E-state index is 14.5. The van der Waals surface area contributed by atoms with Gasteiger partial charge in [-0.05, 0) is 55.7 Å². The van der Waals surface area contributed by atoms with E-state index in [-0.39, 0.29) is 18.3 Å². The highest BCUT2D eigenvalue weighted by Gasteiger charge is 2.16. The third-order valence-electron chi connectivity index (χ3n) is 4.46. The molecular weight excluding hydrogens is 359 g/mol. The summed E-state index contributed by atoms with van der Waals surface area (Å²) in [6, 6.07) is 4.87. The Morgan fingerprint density at radius 3 is 2.75 bits per heavy atom. The van der Waals surface area contributed by atoms with E-state index in [1.807, 2.05) is 0 Å². The molecule has 0 spiro atoms. The van der Waals surface area contributed by atoms with Crippen molar-refractivity contribution in [3.05, 3.63) is 65.8 Å². The number of aromatic amines is 1. The van der Waals surface area contributed by atoms with Crippen molar-refractivity contribution in [3.8, 4) is 11.1 Å². The van der Waals surface area contributed by atoms with Gasteiger partial charge in [-0.1, -0.05) is 12.6 Å². The van der Waals surface area contributed by atoms with Crippen LogP contribution in [0, 0.1) is 12.7 Å². The monoisotopic (exact) mass is 380 g/mol. The fraction of sp³-hybridized carbons (Fsp3) is 0.227. The molecule has 0 aliphatic heterocycles. The number of aromatic nitrogens is 2. The van der Waals surface area contributed by atoms with Crippen molar-refractivity contribution in [2.24, 2.45) is 0 Å². The Labute approximate surface area is 162 Å². The molecule has 0 atom stereocenters. The molecule has 3 aromatic rings. The molecule has 144 valence electrons. The quantitative estimate of drug-likeness (QED) is 0.503. The molecule has 0 aliphatic carbocycles. The number of nitrogens with zero attached hydrogens (tertiary/aromatic N) is 1. The van der Waals surface area contributed by atoms with Crippen molar-refractivity contribution in [1.82, 2.24) is 9.97 Å². The van der Waals surface area contributed by atoms with E-state index in [0.717, 1.165) is 0 Å². The van der Waals surface area contributed by atoms with E-state index in [1.54, 1.807) is 39.1 Å². The molecule has 6 heteroatoms. The summed E-state index contributed by atoms with van der Waals surface area (Å²) in [4.78, 5) is 31.2. The zero-order chi connectivity index (χ0) is 20.4. The van der Waals surface area contributed by atoms with E-state index < -0.39 is 11.8 Å². The van der Waals surface area contributed by atoms with E-state index in [4.69, 9.17) is 4.74 Å². The topological polar surface area (TPSA) is 72.0 Å². The SMILES string of the molecule is C=CC(=O)Cc1cc(-c2c[nH]c3ncc(C(=O)OC(C)C)cc23)cc(F)c1C. The molecule has 0 unspecified atom stereocenters. The molecule has 1 N–H and O–H groups in total. The smallest absolute Gasteiger partial charge is 0.339 e. The third-order valence-corrected chi connectivity index (χ3v) is 4.46. The molecule has 2 aromatic heterocycles. The van der Waals surface area contributed by atoms with Crippen molar-refractivity contribution >= 4 is 22.8 Å². The molecule has 3 rings (SSSR count). The standard InChI is InChI=1S/C22H21FN2O3/c1-5-17(26)7-14-6-15(9-20(23)13(14)4)19-11-25-21-18(19)8-16(10-24-21)22(27)28-12(2)3/h5-6,8-12H,1,7H2,2-4H3,(H,24,25). The number of ether oxygens (including phenoxy) is 1. The van der Waals surface area contributed by atoms with Crippen LogP contribution in [0.4, 0.5) is 4.39 Å². The number of hydrogen-bond donors (Lipinski definition) is 1. The second-order valence-corrected chi connectivity index (χ2v) is 6.87. The van der Waals surface area contributed by atoms with E-state index >= 15 is 0 Å². The third kappa shape index (κ3) is 3.86. The van der Waals surface area contributed by atoms with Gasteiger partial charge in [-0.25, -0.2) is 14.2 Å². The van der Waals surface area contributed by atoms with Crippen molar-refractivity contribution in [2.75, 3.05) is 0 Å². The van der Waals surface area contributed by atoms with Gasteiger partial charge in [0.1, 0.15) is 11.5 Å². The molecule has 0 aliphatic rings. The molecule has 2 heterocycles. The second-order valence-electron chi connectivity index (χ2n) is 6.87. The minimum absolute atomic E-state index is 0.0761. The second kappa shape index (κ2) is 7.76. The largest absolute Gasteiger partial charge is 0.459 e. The highest BCUT2D eigenvalue weighted by atomic mass is 19.1. The van der Waals surface area contributed by atoms with Crippen LogP contribution in [0.1, 0.15) is 35.3 Å². The molecule has 0 bridgehead atoms. The van der Waals surface area contributed by atoms with Crippen LogP contribution in [0.2, 0.25) is 0 Å². The Hall–Kier alpha value is -3.28. The summed E-state index contributed by atoms with van der Waals surface area (Å²) in [5, 5.41) is 0.669. The first-order valence-corrected chi connectivity index (χ1v) is 8.93. The first-order chi connectivity index (χ1) is 13.3. The predicted octanol–water partition coefficient (Wildman–Crippen LogP) is 4.54. The predicted molar refractivity (Wildman–Crippen MR) is 106 cm³/mol. The minimum Gasteiger partial charge on any atom is -0.459 e. The lowest BCUT2D eigenvalue weighted by Crippen LogP contribution is -2.11. The summed E-state index contributed by atoms with van der Waals surface area (Å²) in [5.41, 5.74) is 3.19. The number of hydrogen-bond acceptors (Lipinski definition) is 4. The maximum Gasteiger partial charge on any atom is 0.339 e. The van der Waals surface area contributed by atoms with Crippen LogP contribution < -0.4 is 0 Å². The molecule has 0 amide bonds. The summed E-state index contributed by atoms with van der Waals surface area (Å²) in [7, 11) is 0. The zero-order valence-electron chi connectivity index (χ0n) is 16.0. The van der Waals surface area contributed by atoms with Gasteiger partial charge in [-0.3, -0.25) is 4.79 Å². The lowest BCUT2D eigenvalue weighted by Gasteiger charge is -2.10. The van der Waals surface area contributed by atoms with E-state index in [9.17, 15) is 14.0 Å². The van der Waals surface area contributed by atoms with Gasteiger partial charge in [-0.2, -0.15) is 0 Å². The van der Waals surface area contributed by atoms with Gasteiger partial charge in [0.2, 0.25) is 0 Å². The number of halogens is 1. The summed E-state index contributed by atoms with van der Waals surface area (Å²) in [5.74, 6) is -1.05. The maximum absolute atomic E-state index is 14.5. The Balaban J connectivity index is 2.09. The van der Waals surface area contributed by atoms with Crippen molar-refractivity contribution < 1.29 is 18.7 Å². The number of fused-ring (bicyclic) bond motifs is 1. The summed E-state index contributed by atoms with van der Waals surface area (Å²) >= 11 is 0. The molecule has 0 radical (unpaired) electrons. The van der Waals surface area contributed by atoms with Gasteiger partial charge in [0.05, 0.1) is 11.7 Å². The van der Waals surface area contributed by atoms with Gasteiger partial charge in [0.25, 0.3) is 0 Å². The van der Waals surface area contributed by atoms with E-state index in [0.29, 0.717) is 38.9 Å². The molecule has 5 nitrogen and oxygen atoms in total. The average Bonchev–Trinajstić information content (AvgIpc) is 3.07. The Morgan fingerprint density at radius 1 is 1.32 bits per heavy atom. The molecule has 0 saturated carbocycles. The van der Waals surface area contributed by atoms with Crippen molar-refractivity contribution in [3.63, 3.8) is 0 Å². The fourth-order valence-electron chi connectivity index (χ4n) is 2.97. The number of rotatable bonds is 6. The summed E-state index contributed by atoms with van der Waals surface area (Å²) in [6.45, 7) is 8.65. The summed E-state index contributed by atoms with van der Waals surface area (Å²) in [6.07, 6.45) is 4.21. The molecule has 1 aromatic carbocycles. The fourth-order valence-corrected chi connectivity index (χ4v) is 2.97.